The molecule has 2 rings (SSSR count). The lowest BCUT2D eigenvalue weighted by Crippen LogP contribution is -2.39. The first-order chi connectivity index (χ1) is 14.1. The van der Waals surface area contributed by atoms with Gasteiger partial charge in [0.05, 0.1) is 17.5 Å². The second-order valence-corrected chi connectivity index (χ2v) is 9.12. The summed E-state index contributed by atoms with van der Waals surface area (Å²) in [5.41, 5.74) is 1.55. The Morgan fingerprint density at radius 3 is 2.30 bits per heavy atom. The van der Waals surface area contributed by atoms with E-state index in [2.05, 4.69) is 15.4 Å². The van der Waals surface area contributed by atoms with E-state index in [1.165, 1.54) is 12.1 Å². The number of hydrogen-bond donors (Lipinski definition) is 3. The summed E-state index contributed by atoms with van der Waals surface area (Å²) in [7, 11) is -3.56. The van der Waals surface area contributed by atoms with Gasteiger partial charge in [-0.05, 0) is 76.6 Å². The van der Waals surface area contributed by atoms with Gasteiger partial charge in [-0.15, -0.1) is 0 Å². The van der Waals surface area contributed by atoms with Gasteiger partial charge < -0.3 is 10.1 Å². The first-order valence-electron chi connectivity index (χ1n) is 10.0. The smallest absolute Gasteiger partial charge is 0.241 e. The Morgan fingerprint density at radius 2 is 1.70 bits per heavy atom. The molecule has 1 amide bonds. The largest absolute Gasteiger partial charge is 0.494 e. The predicted molar refractivity (Wildman–Crippen MR) is 119 cm³/mol. The van der Waals surface area contributed by atoms with Crippen molar-refractivity contribution in [1.29, 1.82) is 0 Å². The van der Waals surface area contributed by atoms with Crippen LogP contribution in [-0.2, 0) is 14.8 Å². The minimum absolute atomic E-state index is 0.0548. The van der Waals surface area contributed by atoms with E-state index in [4.69, 9.17) is 4.74 Å². The summed E-state index contributed by atoms with van der Waals surface area (Å²) >= 11 is 0. The van der Waals surface area contributed by atoms with E-state index >= 15 is 0 Å². The van der Waals surface area contributed by atoms with Crippen molar-refractivity contribution in [1.82, 2.24) is 10.0 Å². The Morgan fingerprint density at radius 1 is 1.03 bits per heavy atom. The number of nitrogens with one attached hydrogen (secondary N) is 3. The maximum atomic E-state index is 12.5. The highest BCUT2D eigenvalue weighted by atomic mass is 32.2. The molecule has 0 aliphatic rings. The predicted octanol–water partition coefficient (Wildman–Crippen LogP) is 3.45. The summed E-state index contributed by atoms with van der Waals surface area (Å²) in [6, 6.07) is 13.2. The molecule has 2 unspecified atom stereocenters. The van der Waals surface area contributed by atoms with Gasteiger partial charge in [-0.2, -0.15) is 0 Å². The van der Waals surface area contributed by atoms with Gasteiger partial charge in [0.15, 0.2) is 0 Å². The lowest BCUT2D eigenvalue weighted by molar-refractivity contribution is -0.117. The average Bonchev–Trinajstić information content (AvgIpc) is 2.67. The third kappa shape index (κ3) is 6.83. The number of hydrogen-bond acceptors (Lipinski definition) is 5. The summed E-state index contributed by atoms with van der Waals surface area (Å²) in [6.45, 7) is 9.81. The molecule has 0 heterocycles. The van der Waals surface area contributed by atoms with Gasteiger partial charge in [-0.3, -0.25) is 10.1 Å². The molecule has 0 fully saturated rings. The fraction of sp³-hybridized carbons (Fsp3) is 0.409. The number of rotatable bonds is 10. The van der Waals surface area contributed by atoms with Crippen LogP contribution in [0, 0.1) is 0 Å². The van der Waals surface area contributed by atoms with Crippen LogP contribution in [0.15, 0.2) is 53.4 Å². The quantitative estimate of drug-likeness (QED) is 0.533. The molecule has 8 heteroatoms. The average molecular weight is 434 g/mol. The number of benzene rings is 2. The maximum Gasteiger partial charge on any atom is 0.241 e. The minimum atomic E-state index is -3.56. The number of amides is 1. The second kappa shape index (κ2) is 10.6. The van der Waals surface area contributed by atoms with Gasteiger partial charge >= 0.3 is 0 Å². The molecule has 2 aromatic carbocycles. The van der Waals surface area contributed by atoms with Crippen LogP contribution in [0.2, 0.25) is 0 Å². The number of sulfonamides is 1. The van der Waals surface area contributed by atoms with Gasteiger partial charge in [-0.1, -0.05) is 12.1 Å². The third-order valence-electron chi connectivity index (χ3n) is 4.39. The van der Waals surface area contributed by atoms with Crippen LogP contribution in [-0.4, -0.2) is 33.0 Å². The van der Waals surface area contributed by atoms with E-state index in [0.29, 0.717) is 12.3 Å². The molecule has 0 bridgehead atoms. The normalized spacial score (nSPS) is 13.7. The molecule has 0 aliphatic heterocycles. The lowest BCUT2D eigenvalue weighted by Gasteiger charge is -2.20. The van der Waals surface area contributed by atoms with Crippen LogP contribution in [0.4, 0.5) is 5.69 Å². The second-order valence-electron chi connectivity index (χ2n) is 7.41. The van der Waals surface area contributed by atoms with E-state index in [-0.39, 0.29) is 22.9 Å². The van der Waals surface area contributed by atoms with Gasteiger partial charge in [0.1, 0.15) is 5.75 Å². The first-order valence-corrected chi connectivity index (χ1v) is 11.5. The molecule has 2 atom stereocenters. The molecule has 0 aromatic heterocycles. The monoisotopic (exact) mass is 433 g/mol. The molecule has 0 saturated carbocycles. The Hall–Kier alpha value is -2.42. The van der Waals surface area contributed by atoms with E-state index in [1.807, 2.05) is 38.1 Å². The zero-order valence-electron chi connectivity index (χ0n) is 18.1. The van der Waals surface area contributed by atoms with Crippen molar-refractivity contribution < 1.29 is 17.9 Å². The van der Waals surface area contributed by atoms with Crippen LogP contribution >= 0.6 is 0 Å². The molecular weight excluding hydrogens is 402 g/mol. The molecule has 2 aromatic rings. The zero-order chi connectivity index (χ0) is 22.3. The molecule has 0 spiro atoms. The molecule has 164 valence electrons. The maximum absolute atomic E-state index is 12.5. The highest BCUT2D eigenvalue weighted by molar-refractivity contribution is 7.89. The molecular formula is C22H31N3O4S. The van der Waals surface area contributed by atoms with Crippen molar-refractivity contribution in [3.63, 3.8) is 0 Å². The Kier molecular flexibility index (Phi) is 8.40. The fourth-order valence-corrected chi connectivity index (χ4v) is 4.18. The van der Waals surface area contributed by atoms with Crippen LogP contribution in [0.25, 0.3) is 0 Å². The van der Waals surface area contributed by atoms with Crippen molar-refractivity contribution in [2.24, 2.45) is 0 Å². The molecule has 3 N–H and O–H groups in total. The Bertz CT molecular complexity index is 943. The van der Waals surface area contributed by atoms with Crippen LogP contribution < -0.4 is 20.1 Å². The zero-order valence-corrected chi connectivity index (χ0v) is 18.9. The molecule has 0 saturated heterocycles. The Balaban J connectivity index is 1.97. The summed E-state index contributed by atoms with van der Waals surface area (Å²) < 4.78 is 32.4. The molecule has 7 nitrogen and oxygen atoms in total. The van der Waals surface area contributed by atoms with Gasteiger partial charge in [0, 0.05) is 17.8 Å². The summed E-state index contributed by atoms with van der Waals surface area (Å²) in [5.74, 6) is 0.585. The fourth-order valence-electron chi connectivity index (χ4n) is 2.93. The van der Waals surface area contributed by atoms with Crippen LogP contribution in [0.5, 0.6) is 5.75 Å². The van der Waals surface area contributed by atoms with E-state index in [1.54, 1.807) is 32.9 Å². The van der Waals surface area contributed by atoms with Gasteiger partial charge in [0.2, 0.25) is 15.9 Å². The number of anilines is 1. The van der Waals surface area contributed by atoms with E-state index < -0.39 is 16.1 Å². The van der Waals surface area contributed by atoms with E-state index in [0.717, 1.165) is 11.3 Å². The third-order valence-corrected chi connectivity index (χ3v) is 6.06. The van der Waals surface area contributed by atoms with Crippen LogP contribution in [0.3, 0.4) is 0 Å². The molecule has 0 radical (unpaired) electrons. The SMILES string of the molecule is CCOc1cccc(C(C)NC(C)C(=O)Nc2ccc(S(=O)(=O)NC(C)C)cc2)c1. The Labute approximate surface area is 179 Å². The van der Waals surface area contributed by atoms with Crippen molar-refractivity contribution in [2.45, 2.75) is 57.6 Å². The van der Waals surface area contributed by atoms with Gasteiger partial charge in [-0.25, -0.2) is 13.1 Å². The lowest BCUT2D eigenvalue weighted by atomic mass is 10.1. The van der Waals surface area contributed by atoms with Crippen molar-refractivity contribution >= 4 is 21.6 Å². The highest BCUT2D eigenvalue weighted by Crippen LogP contribution is 2.20. The standard InChI is InChI=1S/C22H31N3O4S/c1-6-29-20-9-7-8-18(14-20)16(4)23-17(5)22(26)24-19-10-12-21(13-11-19)30(27,28)25-15(2)3/h7-17,23,25H,6H2,1-5H3,(H,24,26). The van der Waals surface area contributed by atoms with Crippen molar-refractivity contribution in [3.8, 4) is 5.75 Å². The first kappa shape index (κ1) is 23.9. The van der Waals surface area contributed by atoms with Gasteiger partial charge in [0.25, 0.3) is 0 Å². The summed E-state index contributed by atoms with van der Waals surface area (Å²) in [6.07, 6.45) is 0. The molecule has 0 aliphatic carbocycles. The van der Waals surface area contributed by atoms with Crippen molar-refractivity contribution in [2.75, 3.05) is 11.9 Å². The number of ether oxygens (including phenoxy) is 1. The summed E-state index contributed by atoms with van der Waals surface area (Å²) in [4.78, 5) is 12.7. The van der Waals surface area contributed by atoms with Crippen molar-refractivity contribution in [3.05, 3.63) is 54.1 Å². The number of carbonyl (C=O) groups is 1. The summed E-state index contributed by atoms with van der Waals surface area (Å²) in [5, 5.41) is 6.08. The molecule has 30 heavy (non-hydrogen) atoms. The highest BCUT2D eigenvalue weighted by Gasteiger charge is 2.18. The minimum Gasteiger partial charge on any atom is -0.494 e. The van der Waals surface area contributed by atoms with Crippen LogP contribution in [0.1, 0.15) is 46.2 Å². The topological polar surface area (TPSA) is 96.5 Å². The number of carbonyl (C=O) groups excluding carboxylic acids is 1. The van der Waals surface area contributed by atoms with E-state index in [9.17, 15) is 13.2 Å².